The zero-order chi connectivity index (χ0) is 22.0. The summed E-state index contributed by atoms with van der Waals surface area (Å²) in [5.41, 5.74) is 1.62. The number of nitrogens with zero attached hydrogens (tertiary/aromatic N) is 2. The van der Waals surface area contributed by atoms with Crippen molar-refractivity contribution in [2.45, 2.75) is 18.5 Å². The lowest BCUT2D eigenvalue weighted by Gasteiger charge is -2.33. The summed E-state index contributed by atoms with van der Waals surface area (Å²) in [7, 11) is 2.91. The van der Waals surface area contributed by atoms with Crippen molar-refractivity contribution in [2.24, 2.45) is 5.92 Å². The van der Waals surface area contributed by atoms with Crippen LogP contribution in [0.1, 0.15) is 18.0 Å². The number of benzene rings is 2. The standard InChI is InChI=1S/C23H24N2O6/c1-29-17-10-8-16(9-11-17)25-19(22(27)30-2)14-18(20(25)15-6-4-3-5-7-15)21(26)24-12-13-31-23(24)28/h3-11,18-20H,12-14H2,1-2H3/t18-,19+,20-/m0/s1. The van der Waals surface area contributed by atoms with E-state index in [0.717, 1.165) is 16.2 Å². The number of carbonyl (C=O) groups excluding carboxylic acids is 3. The average Bonchev–Trinajstić information content (AvgIpc) is 3.42. The summed E-state index contributed by atoms with van der Waals surface area (Å²) in [5.74, 6) is -0.724. The Bertz CT molecular complexity index is 962. The number of anilines is 1. The van der Waals surface area contributed by atoms with Crippen LogP contribution in [0.25, 0.3) is 0 Å². The van der Waals surface area contributed by atoms with Gasteiger partial charge in [-0.3, -0.25) is 4.79 Å². The van der Waals surface area contributed by atoms with E-state index in [-0.39, 0.29) is 25.5 Å². The number of esters is 1. The lowest BCUT2D eigenvalue weighted by molar-refractivity contribution is -0.142. The summed E-state index contributed by atoms with van der Waals surface area (Å²) in [4.78, 5) is 41.3. The molecule has 2 saturated heterocycles. The summed E-state index contributed by atoms with van der Waals surface area (Å²) in [6, 6.07) is 15.7. The van der Waals surface area contributed by atoms with Crippen LogP contribution in [0.4, 0.5) is 10.5 Å². The van der Waals surface area contributed by atoms with Crippen LogP contribution >= 0.6 is 0 Å². The second kappa shape index (κ2) is 8.67. The van der Waals surface area contributed by atoms with Gasteiger partial charge in [-0.05, 0) is 36.2 Å². The molecule has 2 fully saturated rings. The van der Waals surface area contributed by atoms with Gasteiger partial charge in [0, 0.05) is 5.69 Å². The average molecular weight is 424 g/mol. The van der Waals surface area contributed by atoms with Crippen molar-refractivity contribution < 1.29 is 28.6 Å². The number of methoxy groups -OCH3 is 2. The third kappa shape index (κ3) is 3.81. The van der Waals surface area contributed by atoms with Crippen molar-refractivity contribution in [3.05, 3.63) is 60.2 Å². The first-order valence-corrected chi connectivity index (χ1v) is 10.1. The quantitative estimate of drug-likeness (QED) is 0.683. The van der Waals surface area contributed by atoms with E-state index in [2.05, 4.69) is 0 Å². The van der Waals surface area contributed by atoms with Crippen molar-refractivity contribution in [3.8, 4) is 5.75 Å². The fourth-order valence-electron chi connectivity index (χ4n) is 4.38. The van der Waals surface area contributed by atoms with Crippen LogP contribution in [-0.4, -0.2) is 56.3 Å². The summed E-state index contributed by atoms with van der Waals surface area (Å²) in [6.45, 7) is 0.386. The minimum Gasteiger partial charge on any atom is -0.497 e. The number of amides is 2. The molecule has 2 aliphatic rings. The highest BCUT2D eigenvalue weighted by Gasteiger charge is 2.51. The Morgan fingerprint density at radius 2 is 1.74 bits per heavy atom. The maximum atomic E-state index is 13.4. The molecule has 31 heavy (non-hydrogen) atoms. The molecule has 4 rings (SSSR count). The van der Waals surface area contributed by atoms with Crippen LogP contribution in [0.3, 0.4) is 0 Å². The molecular weight excluding hydrogens is 400 g/mol. The first-order chi connectivity index (χ1) is 15.0. The fourth-order valence-corrected chi connectivity index (χ4v) is 4.38. The molecule has 162 valence electrons. The monoisotopic (exact) mass is 424 g/mol. The predicted molar refractivity (Wildman–Crippen MR) is 112 cm³/mol. The van der Waals surface area contributed by atoms with Crippen molar-refractivity contribution in [3.63, 3.8) is 0 Å². The normalized spacial score (nSPS) is 22.9. The van der Waals surface area contributed by atoms with Gasteiger partial charge in [0.05, 0.1) is 32.7 Å². The third-order valence-electron chi connectivity index (χ3n) is 5.82. The van der Waals surface area contributed by atoms with Gasteiger partial charge in [0.2, 0.25) is 5.91 Å². The fraction of sp³-hybridized carbons (Fsp3) is 0.348. The molecule has 0 spiro atoms. The highest BCUT2D eigenvalue weighted by molar-refractivity contribution is 5.96. The molecule has 2 aromatic rings. The second-order valence-electron chi connectivity index (χ2n) is 7.45. The largest absolute Gasteiger partial charge is 0.497 e. The Labute approximate surface area is 180 Å². The molecule has 2 amide bonds. The third-order valence-corrected chi connectivity index (χ3v) is 5.82. The minimum atomic E-state index is -0.684. The molecule has 0 saturated carbocycles. The number of carbonyl (C=O) groups is 3. The zero-order valence-electron chi connectivity index (χ0n) is 17.4. The number of hydrogen-bond acceptors (Lipinski definition) is 7. The lowest BCUT2D eigenvalue weighted by Crippen LogP contribution is -2.40. The number of hydrogen-bond donors (Lipinski definition) is 0. The van der Waals surface area contributed by atoms with E-state index in [1.165, 1.54) is 7.11 Å². The van der Waals surface area contributed by atoms with Crippen LogP contribution in [0.5, 0.6) is 5.75 Å². The smallest absolute Gasteiger partial charge is 0.416 e. The number of imide groups is 1. The van der Waals surface area contributed by atoms with Crippen LogP contribution < -0.4 is 9.64 Å². The first kappa shape index (κ1) is 20.7. The molecule has 2 aromatic carbocycles. The Hall–Kier alpha value is -3.55. The van der Waals surface area contributed by atoms with Crippen molar-refractivity contribution in [1.29, 1.82) is 0 Å². The molecule has 0 radical (unpaired) electrons. The predicted octanol–water partition coefficient (Wildman–Crippen LogP) is 2.78. The number of cyclic esters (lactones) is 1. The first-order valence-electron chi connectivity index (χ1n) is 10.1. The highest BCUT2D eigenvalue weighted by Crippen LogP contribution is 2.45. The van der Waals surface area contributed by atoms with Crippen LogP contribution in [-0.2, 0) is 19.1 Å². The Morgan fingerprint density at radius 1 is 1.03 bits per heavy atom. The molecule has 0 unspecified atom stereocenters. The molecule has 3 atom stereocenters. The Kier molecular flexibility index (Phi) is 5.79. The second-order valence-corrected chi connectivity index (χ2v) is 7.45. The van der Waals surface area contributed by atoms with Gasteiger partial charge < -0.3 is 19.1 Å². The number of ether oxygens (including phenoxy) is 3. The van der Waals surface area contributed by atoms with Crippen molar-refractivity contribution >= 4 is 23.7 Å². The molecule has 2 aliphatic heterocycles. The van der Waals surface area contributed by atoms with Crippen LogP contribution in [0.2, 0.25) is 0 Å². The minimum absolute atomic E-state index is 0.177. The van der Waals surface area contributed by atoms with Gasteiger partial charge in [0.25, 0.3) is 0 Å². The summed E-state index contributed by atoms with van der Waals surface area (Å²) < 4.78 is 15.3. The molecule has 0 aliphatic carbocycles. The number of rotatable bonds is 5. The maximum Gasteiger partial charge on any atom is 0.416 e. The van der Waals surface area contributed by atoms with E-state index in [1.807, 2.05) is 47.4 Å². The molecule has 8 nitrogen and oxygen atoms in total. The van der Waals surface area contributed by atoms with E-state index in [1.54, 1.807) is 19.2 Å². The van der Waals surface area contributed by atoms with Gasteiger partial charge in [-0.25, -0.2) is 14.5 Å². The Balaban J connectivity index is 1.80. The van der Waals surface area contributed by atoms with Crippen molar-refractivity contribution in [1.82, 2.24) is 4.90 Å². The van der Waals surface area contributed by atoms with Gasteiger partial charge in [-0.1, -0.05) is 30.3 Å². The molecule has 0 bridgehead atoms. The molecule has 8 heteroatoms. The van der Waals surface area contributed by atoms with Crippen LogP contribution in [0.15, 0.2) is 54.6 Å². The van der Waals surface area contributed by atoms with Gasteiger partial charge in [0.15, 0.2) is 0 Å². The summed E-state index contributed by atoms with van der Waals surface area (Å²) >= 11 is 0. The lowest BCUT2D eigenvalue weighted by atomic mass is 9.91. The summed E-state index contributed by atoms with van der Waals surface area (Å²) in [5, 5.41) is 0. The van der Waals surface area contributed by atoms with Gasteiger partial charge in [-0.15, -0.1) is 0 Å². The van der Waals surface area contributed by atoms with E-state index in [0.29, 0.717) is 5.75 Å². The molecular formula is C23H24N2O6. The Morgan fingerprint density at radius 3 is 2.32 bits per heavy atom. The van der Waals surface area contributed by atoms with Crippen LogP contribution in [0, 0.1) is 5.92 Å². The van der Waals surface area contributed by atoms with E-state index >= 15 is 0 Å². The van der Waals surface area contributed by atoms with Crippen molar-refractivity contribution in [2.75, 3.05) is 32.3 Å². The SMILES string of the molecule is COC(=O)[C@H]1C[C@H](C(=O)N2CCOC2=O)[C@H](c2ccccc2)N1c1ccc(OC)cc1. The van der Waals surface area contributed by atoms with Gasteiger partial charge >= 0.3 is 12.1 Å². The van der Waals surface area contributed by atoms with Gasteiger partial charge in [0.1, 0.15) is 18.4 Å². The van der Waals surface area contributed by atoms with E-state index in [9.17, 15) is 14.4 Å². The topological polar surface area (TPSA) is 85.4 Å². The van der Waals surface area contributed by atoms with E-state index in [4.69, 9.17) is 14.2 Å². The highest BCUT2D eigenvalue weighted by atomic mass is 16.6. The van der Waals surface area contributed by atoms with Gasteiger partial charge in [-0.2, -0.15) is 0 Å². The molecule has 0 N–H and O–H groups in total. The van der Waals surface area contributed by atoms with E-state index < -0.39 is 30.1 Å². The maximum absolute atomic E-state index is 13.4. The zero-order valence-corrected chi connectivity index (χ0v) is 17.4. The summed E-state index contributed by atoms with van der Waals surface area (Å²) in [6.07, 6.45) is -0.421. The molecule has 0 aromatic heterocycles. The molecule has 2 heterocycles.